The highest BCUT2D eigenvalue weighted by atomic mass is 32.2. The molecule has 8 nitrogen and oxygen atoms in total. The molecular formula is C8H14N4O4S. The fraction of sp³-hybridized carbons (Fsp3) is 0.500. The molecule has 17 heavy (non-hydrogen) atoms. The molecule has 1 aromatic heterocycles. The van der Waals surface area contributed by atoms with Gasteiger partial charge in [-0.15, -0.1) is 0 Å². The number of hydrogen-bond donors (Lipinski definition) is 2. The van der Waals surface area contributed by atoms with Crippen LogP contribution in [0.4, 0.5) is 4.79 Å². The lowest BCUT2D eigenvalue weighted by Crippen LogP contribution is -2.41. The fourth-order valence-corrected chi connectivity index (χ4v) is 1.74. The summed E-state index contributed by atoms with van der Waals surface area (Å²) in [6.45, 7) is 1.71. The highest BCUT2D eigenvalue weighted by molar-refractivity contribution is 7.87. The van der Waals surface area contributed by atoms with Crippen molar-refractivity contribution in [2.45, 2.75) is 13.5 Å². The molecule has 1 rings (SSSR count). The first-order chi connectivity index (χ1) is 7.95. The van der Waals surface area contributed by atoms with E-state index in [2.05, 4.69) is 14.7 Å². The zero-order valence-corrected chi connectivity index (χ0v) is 10.3. The predicted molar refractivity (Wildman–Crippen MR) is 59.1 cm³/mol. The molecule has 0 radical (unpaired) electrons. The molecule has 0 saturated carbocycles. The molecule has 2 N–H and O–H groups in total. The van der Waals surface area contributed by atoms with Gasteiger partial charge in [0.05, 0.1) is 13.2 Å². The summed E-state index contributed by atoms with van der Waals surface area (Å²) in [5.74, 6) is 0.474. The maximum atomic E-state index is 11.6. The van der Waals surface area contributed by atoms with Gasteiger partial charge in [-0.2, -0.15) is 12.7 Å². The Hall–Kier alpha value is -1.61. The first kappa shape index (κ1) is 13.5. The van der Waals surface area contributed by atoms with Crippen molar-refractivity contribution in [3.63, 3.8) is 0 Å². The second-order valence-electron chi connectivity index (χ2n) is 3.12. The van der Waals surface area contributed by atoms with E-state index in [1.165, 1.54) is 13.2 Å². The molecule has 1 amide bonds. The average molecular weight is 262 g/mol. The molecule has 9 heteroatoms. The molecule has 0 aromatic carbocycles. The SMILES string of the molecule is CCOC(=O)NS(=O)(=O)N(C)Cc1ncc[nH]1. The molecule has 0 unspecified atom stereocenters. The van der Waals surface area contributed by atoms with E-state index in [0.717, 1.165) is 4.31 Å². The van der Waals surface area contributed by atoms with Crippen molar-refractivity contribution in [2.75, 3.05) is 13.7 Å². The van der Waals surface area contributed by atoms with Crippen LogP contribution in [0.5, 0.6) is 0 Å². The normalized spacial score (nSPS) is 11.5. The van der Waals surface area contributed by atoms with E-state index in [0.29, 0.717) is 5.82 Å². The van der Waals surface area contributed by atoms with Crippen molar-refractivity contribution in [2.24, 2.45) is 0 Å². The number of hydrogen-bond acceptors (Lipinski definition) is 5. The Morgan fingerprint density at radius 1 is 1.65 bits per heavy atom. The number of rotatable bonds is 5. The number of nitrogens with zero attached hydrogens (tertiary/aromatic N) is 2. The Morgan fingerprint density at radius 2 is 2.35 bits per heavy atom. The van der Waals surface area contributed by atoms with E-state index >= 15 is 0 Å². The summed E-state index contributed by atoms with van der Waals surface area (Å²) in [6, 6.07) is 0. The van der Waals surface area contributed by atoms with E-state index < -0.39 is 16.3 Å². The number of carbonyl (C=O) groups excluding carboxylic acids is 1. The zero-order chi connectivity index (χ0) is 12.9. The second kappa shape index (κ2) is 5.64. The van der Waals surface area contributed by atoms with Crippen LogP contribution in [0, 0.1) is 0 Å². The lowest BCUT2D eigenvalue weighted by Gasteiger charge is -2.15. The highest BCUT2D eigenvalue weighted by Gasteiger charge is 2.21. The number of aromatic amines is 1. The predicted octanol–water partition coefficient (Wildman–Crippen LogP) is -0.168. The molecule has 96 valence electrons. The molecule has 0 spiro atoms. The van der Waals surface area contributed by atoms with Gasteiger partial charge in [-0.3, -0.25) is 0 Å². The van der Waals surface area contributed by atoms with Gasteiger partial charge in [-0.25, -0.2) is 14.5 Å². The molecular weight excluding hydrogens is 248 g/mol. The molecule has 0 bridgehead atoms. The quantitative estimate of drug-likeness (QED) is 0.766. The molecule has 0 fully saturated rings. The van der Waals surface area contributed by atoms with Gasteiger partial charge in [0.1, 0.15) is 5.82 Å². The largest absolute Gasteiger partial charge is 0.449 e. The van der Waals surface area contributed by atoms with Gasteiger partial charge in [0.15, 0.2) is 0 Å². The van der Waals surface area contributed by atoms with Gasteiger partial charge in [0, 0.05) is 19.4 Å². The van der Waals surface area contributed by atoms with E-state index in [-0.39, 0.29) is 13.2 Å². The third-order valence-electron chi connectivity index (χ3n) is 1.83. The van der Waals surface area contributed by atoms with E-state index in [4.69, 9.17) is 0 Å². The van der Waals surface area contributed by atoms with Crippen LogP contribution in [0.2, 0.25) is 0 Å². The number of carbonyl (C=O) groups is 1. The Balaban J connectivity index is 2.60. The fourth-order valence-electron chi connectivity index (χ4n) is 1.02. The van der Waals surface area contributed by atoms with Gasteiger partial charge >= 0.3 is 16.3 Å². The number of aromatic nitrogens is 2. The Labute approximate surface area is 99.2 Å². The minimum atomic E-state index is -3.91. The second-order valence-corrected chi connectivity index (χ2v) is 4.90. The monoisotopic (exact) mass is 262 g/mol. The van der Waals surface area contributed by atoms with Crippen LogP contribution < -0.4 is 4.72 Å². The summed E-state index contributed by atoms with van der Waals surface area (Å²) < 4.78 is 30.4. The summed E-state index contributed by atoms with van der Waals surface area (Å²) >= 11 is 0. The van der Waals surface area contributed by atoms with Gasteiger partial charge in [-0.1, -0.05) is 0 Å². The van der Waals surface area contributed by atoms with Crippen molar-refractivity contribution in [3.8, 4) is 0 Å². The Bertz CT molecular complexity index is 456. The molecule has 0 saturated heterocycles. The van der Waals surface area contributed by atoms with Crippen LogP contribution in [-0.2, 0) is 21.5 Å². The summed E-state index contributed by atoms with van der Waals surface area (Å²) in [7, 11) is -2.59. The summed E-state index contributed by atoms with van der Waals surface area (Å²) in [4.78, 5) is 17.6. The molecule has 0 atom stereocenters. The molecule has 1 heterocycles. The lowest BCUT2D eigenvalue weighted by atomic mass is 10.6. The molecule has 0 aliphatic rings. The maximum Gasteiger partial charge on any atom is 0.421 e. The number of H-pyrrole nitrogens is 1. The van der Waals surface area contributed by atoms with Gasteiger partial charge in [-0.05, 0) is 6.92 Å². The minimum Gasteiger partial charge on any atom is -0.449 e. The smallest absolute Gasteiger partial charge is 0.421 e. The first-order valence-electron chi connectivity index (χ1n) is 4.84. The van der Waals surface area contributed by atoms with Crippen molar-refractivity contribution in [1.29, 1.82) is 0 Å². The zero-order valence-electron chi connectivity index (χ0n) is 9.50. The van der Waals surface area contributed by atoms with Gasteiger partial charge in [0.25, 0.3) is 0 Å². The summed E-state index contributed by atoms with van der Waals surface area (Å²) in [5.41, 5.74) is 0. The summed E-state index contributed by atoms with van der Waals surface area (Å²) in [6.07, 6.45) is 2.09. The van der Waals surface area contributed by atoms with Crippen molar-refractivity contribution >= 4 is 16.3 Å². The molecule has 0 aliphatic carbocycles. The average Bonchev–Trinajstić information content (AvgIpc) is 2.69. The third kappa shape index (κ3) is 4.04. The number of ether oxygens (including phenoxy) is 1. The van der Waals surface area contributed by atoms with Crippen LogP contribution in [-0.4, -0.2) is 42.4 Å². The number of nitrogens with one attached hydrogen (secondary N) is 2. The van der Waals surface area contributed by atoms with Crippen LogP contribution in [0.25, 0.3) is 0 Å². The van der Waals surface area contributed by atoms with Crippen LogP contribution >= 0.6 is 0 Å². The van der Waals surface area contributed by atoms with Crippen LogP contribution in [0.1, 0.15) is 12.7 Å². The standard InChI is InChI=1S/C8H14N4O4S/c1-3-16-8(13)11-17(14,15)12(2)6-7-9-4-5-10-7/h4-5H,3,6H2,1-2H3,(H,9,10)(H,11,13). The van der Waals surface area contributed by atoms with Crippen LogP contribution in [0.3, 0.4) is 0 Å². The molecule has 1 aromatic rings. The minimum absolute atomic E-state index is 0.0295. The Morgan fingerprint density at radius 3 is 2.88 bits per heavy atom. The summed E-state index contributed by atoms with van der Waals surface area (Å²) in [5, 5.41) is 0. The highest BCUT2D eigenvalue weighted by Crippen LogP contribution is 2.01. The topological polar surface area (TPSA) is 104 Å². The van der Waals surface area contributed by atoms with E-state index in [1.54, 1.807) is 17.8 Å². The van der Waals surface area contributed by atoms with Crippen LogP contribution in [0.15, 0.2) is 12.4 Å². The van der Waals surface area contributed by atoms with Crippen molar-refractivity contribution < 1.29 is 17.9 Å². The maximum absolute atomic E-state index is 11.6. The lowest BCUT2D eigenvalue weighted by molar-refractivity contribution is 0.158. The first-order valence-corrected chi connectivity index (χ1v) is 6.28. The number of imidazole rings is 1. The van der Waals surface area contributed by atoms with E-state index in [1.807, 2.05) is 0 Å². The molecule has 0 aliphatic heterocycles. The van der Waals surface area contributed by atoms with Gasteiger partial charge in [0.2, 0.25) is 0 Å². The third-order valence-corrected chi connectivity index (χ3v) is 3.20. The van der Waals surface area contributed by atoms with Gasteiger partial charge < -0.3 is 9.72 Å². The van der Waals surface area contributed by atoms with Crippen molar-refractivity contribution in [1.82, 2.24) is 19.0 Å². The van der Waals surface area contributed by atoms with E-state index in [9.17, 15) is 13.2 Å². The van der Waals surface area contributed by atoms with Crippen molar-refractivity contribution in [3.05, 3.63) is 18.2 Å². The Kier molecular flexibility index (Phi) is 4.46. The number of amides is 1.